The Bertz CT molecular complexity index is 933. The maximum Gasteiger partial charge on any atom is 2.00 e. The van der Waals surface area contributed by atoms with Crippen molar-refractivity contribution in [2.75, 3.05) is 13.1 Å². The summed E-state index contributed by atoms with van der Waals surface area (Å²) < 4.78 is 42.9. The molecule has 0 heterocycles. The van der Waals surface area contributed by atoms with Gasteiger partial charge in [0.05, 0.1) is 0 Å². The van der Waals surface area contributed by atoms with Crippen LogP contribution in [0.5, 0.6) is 0 Å². The average Bonchev–Trinajstić information content (AvgIpc) is 2.81. The summed E-state index contributed by atoms with van der Waals surface area (Å²) in [7, 11) is -21.2. The van der Waals surface area contributed by atoms with Gasteiger partial charge in [0.1, 0.15) is 5.97 Å². The number of hydrogen-bond donors (Lipinski definition) is 16. The Morgan fingerprint density at radius 1 is 0.682 bits per heavy atom. The van der Waals surface area contributed by atoms with Gasteiger partial charge in [0.15, 0.2) is 0 Å². The minimum Gasteiger partial charge on any atom is -1.02 e. The Balaban J connectivity index is -0.000000169. The van der Waals surface area contributed by atoms with Crippen molar-refractivity contribution in [2.24, 2.45) is 11.5 Å². The molecule has 18 N–H and O–H groups in total. The van der Waals surface area contributed by atoms with Crippen molar-refractivity contribution < 1.29 is 108 Å². The molecule has 0 saturated carbocycles. The maximum atomic E-state index is 10.7. The van der Waals surface area contributed by atoms with Crippen LogP contribution in [0.15, 0.2) is 0 Å². The molecule has 0 saturated heterocycles. The first-order valence-electron chi connectivity index (χ1n) is 10.4. The zero-order valence-electron chi connectivity index (χ0n) is 22.3. The van der Waals surface area contributed by atoms with Gasteiger partial charge in [-0.2, -0.15) is 0 Å². The summed E-state index contributed by atoms with van der Waals surface area (Å²) in [5.74, 6) is -4.07. The van der Waals surface area contributed by atoms with E-state index in [0.29, 0.717) is 0 Å². The zero-order chi connectivity index (χ0) is 34.7. The second-order valence-corrected chi connectivity index (χ2v) is 15.7. The van der Waals surface area contributed by atoms with E-state index in [9.17, 15) is 48.3 Å². The van der Waals surface area contributed by atoms with Gasteiger partial charge in [-0.25, -0.2) is 6.10 Å². The molecule has 30 heteroatoms. The van der Waals surface area contributed by atoms with Crippen molar-refractivity contribution in [1.82, 2.24) is 0 Å². The molecule has 24 nitrogen and oxygen atoms in total. The van der Waals surface area contributed by atoms with Gasteiger partial charge >= 0.3 is 106 Å². The van der Waals surface area contributed by atoms with Gasteiger partial charge in [-0.05, 0) is 25.9 Å². The molecule has 0 aliphatic rings. The van der Waals surface area contributed by atoms with Gasteiger partial charge in [-0.1, -0.05) is 0 Å². The molecule has 0 radical (unpaired) electrons. The Hall–Kier alpha value is 1.61. The molecule has 0 aliphatic heterocycles. The molecular weight excluding hydrogens is 752 g/mol. The number of rotatable bonds is 15. The van der Waals surface area contributed by atoms with E-state index in [1.165, 1.54) is 0 Å². The molecule has 0 aromatic heterocycles. The average molecular weight is 784 g/mol. The molecule has 0 rings (SSSR count). The third kappa shape index (κ3) is 17.3. The van der Waals surface area contributed by atoms with E-state index in [4.69, 9.17) is 71.0 Å². The third-order valence-corrected chi connectivity index (χ3v) is 12.3. The van der Waals surface area contributed by atoms with Gasteiger partial charge in [-0.3, -0.25) is 27.8 Å². The quantitative estimate of drug-likeness (QED) is 0.0416. The van der Waals surface area contributed by atoms with Crippen LogP contribution in [-0.4, -0.2) is 193 Å². The normalized spacial score (nSPS) is 13.9. The predicted octanol–water partition coefficient (Wildman–Crippen LogP) is -7.65. The van der Waals surface area contributed by atoms with Gasteiger partial charge in [-0.15, -0.1) is 0 Å². The number of hydrogen-bond acceptors (Lipinski definition) is 14. The fraction of sp³-hybridized carbons (Fsp3) is 0.714. The van der Waals surface area contributed by atoms with Crippen molar-refractivity contribution in [3.05, 3.63) is 12.2 Å². The molecule has 44 heavy (non-hydrogen) atoms. The third-order valence-electron chi connectivity index (χ3n) is 4.53. The fourth-order valence-electron chi connectivity index (χ4n) is 2.12. The summed E-state index contributed by atoms with van der Waals surface area (Å²) in [5.41, 5.74) is 10.0. The fourth-order valence-corrected chi connectivity index (χ4v) is 6.63. The van der Waals surface area contributed by atoms with Gasteiger partial charge in [0.2, 0.25) is 0 Å². The first-order chi connectivity index (χ1) is 18.4. The summed E-state index contributed by atoms with van der Waals surface area (Å²) >= 11 is 0. The van der Waals surface area contributed by atoms with Crippen LogP contribution < -0.4 is 21.7 Å². The standard InChI is InChI=1S/C6H6O8.2C4H13NO7P2.2Ca/c7-1(3(9)5(11)12)2(8)4(10)6(13)14;2*5-3-1-2-4(6,13(7,8)9)14(10,11)12;;/h1,4,7,10H,(H,11,12)(H,13,14);2*6H,1-3,5H2,(H2,7,8,9)(H2,10,11,12);;/q-4;;;2*+2/t1-,4+;;;;/m0..../s1. The van der Waals surface area contributed by atoms with E-state index in [2.05, 4.69) is 0 Å². The van der Waals surface area contributed by atoms with Crippen LogP contribution in [0.1, 0.15) is 25.7 Å². The summed E-state index contributed by atoms with van der Waals surface area (Å²) in [6.45, 7) is -0.0788. The number of carboxylic acid groups (broad SMARTS) is 2. The second kappa shape index (κ2) is 22.4. The number of carbonyl (C=O) groups is 2. The zero-order valence-corrected chi connectivity index (χ0v) is 30.3. The van der Waals surface area contributed by atoms with Crippen LogP contribution in [0.25, 0.3) is 0 Å². The Kier molecular flexibility index (Phi) is 28.0. The minimum absolute atomic E-state index is 0. The van der Waals surface area contributed by atoms with Crippen molar-refractivity contribution in [3.8, 4) is 0 Å². The van der Waals surface area contributed by atoms with Crippen molar-refractivity contribution in [3.63, 3.8) is 0 Å². The van der Waals surface area contributed by atoms with Gasteiger partial charge in [0.25, 0.3) is 16.1 Å². The predicted molar refractivity (Wildman–Crippen MR) is 140 cm³/mol. The van der Waals surface area contributed by atoms with Crippen LogP contribution in [0.2, 0.25) is 0 Å². The summed E-state index contributed by atoms with van der Waals surface area (Å²) in [4.78, 5) is 89.0. The largest absolute Gasteiger partial charge is 2.00 e. The number of carboxylic acids is 2. The van der Waals surface area contributed by atoms with E-state index in [0.717, 1.165) is 0 Å². The van der Waals surface area contributed by atoms with Crippen LogP contribution in [0.4, 0.5) is 0 Å². The van der Waals surface area contributed by atoms with Crippen molar-refractivity contribution >= 4 is 118 Å². The number of aliphatic carboxylic acids is 2. The molecule has 0 unspecified atom stereocenters. The van der Waals surface area contributed by atoms with E-state index >= 15 is 0 Å². The van der Waals surface area contributed by atoms with E-state index < -0.39 is 89.7 Å². The number of nitrogens with two attached hydrogens (primary N) is 2. The summed E-state index contributed by atoms with van der Waals surface area (Å²) in [6.07, 6.45) is -10.7. The number of aliphatic hydroxyl groups excluding tert-OH is 2. The second-order valence-electron chi connectivity index (χ2n) is 7.72. The van der Waals surface area contributed by atoms with E-state index in [1.54, 1.807) is 0 Å². The Morgan fingerprint density at radius 3 is 1.09 bits per heavy atom. The van der Waals surface area contributed by atoms with Crippen molar-refractivity contribution in [1.29, 1.82) is 0 Å². The van der Waals surface area contributed by atoms with Crippen LogP contribution in [0, 0.1) is 12.2 Å². The van der Waals surface area contributed by atoms with Gasteiger partial charge < -0.3 is 104 Å². The molecular formula is C14H32Ca2N2O22P4. The smallest absolute Gasteiger partial charge is 1.02 e. The first-order valence-corrected chi connectivity index (χ1v) is 16.8. The molecule has 254 valence electrons. The molecule has 0 fully saturated rings. The monoisotopic (exact) mass is 784 g/mol. The minimum atomic E-state index is -5.30. The topological polar surface area (TPSA) is 484 Å². The maximum absolute atomic E-state index is 10.7. The summed E-state index contributed by atoms with van der Waals surface area (Å²) in [6, 6.07) is 0. The molecule has 0 spiro atoms. The molecule has 0 bridgehead atoms. The Labute approximate surface area is 307 Å². The molecule has 0 aliphatic carbocycles. The Morgan fingerprint density at radius 2 is 0.932 bits per heavy atom. The molecule has 0 aromatic rings. The first kappa shape index (κ1) is 55.0. The van der Waals surface area contributed by atoms with Gasteiger partial charge in [0, 0.05) is 18.9 Å². The molecule has 0 amide bonds. The number of aliphatic hydroxyl groups is 4. The van der Waals surface area contributed by atoms with Crippen LogP contribution in [0.3, 0.4) is 0 Å². The van der Waals surface area contributed by atoms with E-state index in [-0.39, 0.29) is 101 Å². The van der Waals surface area contributed by atoms with Crippen LogP contribution >= 0.6 is 30.4 Å². The molecule has 2 atom stereocenters. The van der Waals surface area contributed by atoms with Crippen molar-refractivity contribution in [2.45, 2.75) is 48.1 Å². The summed E-state index contributed by atoms with van der Waals surface area (Å²) in [5, 5.41) is 66.3. The molecule has 0 aromatic carbocycles. The SMILES string of the molecule is NCCCC(O)(P(=O)(O)O)P(=O)(O)O.NCCCC(O)(P(=O)(O)O)P(=O)(O)O.O=C(O)[C-]([O-])[C@@H](O)[C-]([O-])[C@@H](O)C(=O)O.[Ca+2].[Ca+2]. The van der Waals surface area contributed by atoms with E-state index in [1.807, 2.05) is 0 Å². The van der Waals surface area contributed by atoms with Crippen LogP contribution in [-0.2, 0) is 27.8 Å².